The highest BCUT2D eigenvalue weighted by atomic mass is 16.5. The second-order valence-electron chi connectivity index (χ2n) is 3.51. The number of carbonyl (C=O) groups is 1. The molecular formula is C12H19N3O3. The van der Waals surface area contributed by atoms with Crippen LogP contribution in [-0.2, 0) is 9.53 Å². The number of esters is 1. The maximum atomic E-state index is 11.1. The standard InChI is InChI=1S/C12H19N3O3/c1-3-17-11-8-10(14-9-15-11)13-7-5-6-12(16)18-4-2/h8-9H,3-7H2,1-2H3,(H,13,14,15). The molecule has 1 rings (SSSR count). The molecule has 100 valence electrons. The van der Waals surface area contributed by atoms with Crippen LogP contribution in [-0.4, -0.2) is 35.7 Å². The summed E-state index contributed by atoms with van der Waals surface area (Å²) in [4.78, 5) is 19.1. The molecule has 1 aromatic heterocycles. The lowest BCUT2D eigenvalue weighted by Crippen LogP contribution is -2.09. The Labute approximate surface area is 107 Å². The largest absolute Gasteiger partial charge is 0.478 e. The van der Waals surface area contributed by atoms with Crippen molar-refractivity contribution >= 4 is 11.8 Å². The lowest BCUT2D eigenvalue weighted by molar-refractivity contribution is -0.143. The summed E-state index contributed by atoms with van der Waals surface area (Å²) in [5, 5.41) is 3.10. The highest BCUT2D eigenvalue weighted by molar-refractivity contribution is 5.69. The molecular weight excluding hydrogens is 234 g/mol. The molecule has 0 bridgehead atoms. The van der Waals surface area contributed by atoms with E-state index in [0.717, 1.165) is 0 Å². The quantitative estimate of drug-likeness (QED) is 0.560. The van der Waals surface area contributed by atoms with Crippen LogP contribution in [0, 0.1) is 0 Å². The Morgan fingerprint density at radius 3 is 2.89 bits per heavy atom. The van der Waals surface area contributed by atoms with E-state index in [1.807, 2.05) is 6.92 Å². The van der Waals surface area contributed by atoms with Gasteiger partial charge in [0.05, 0.1) is 13.2 Å². The Balaban J connectivity index is 2.26. The van der Waals surface area contributed by atoms with Crippen LogP contribution >= 0.6 is 0 Å². The van der Waals surface area contributed by atoms with Crippen LogP contribution in [0.4, 0.5) is 5.82 Å². The molecule has 0 aliphatic heterocycles. The second-order valence-corrected chi connectivity index (χ2v) is 3.51. The van der Waals surface area contributed by atoms with Gasteiger partial charge in [0.25, 0.3) is 0 Å². The molecule has 0 aliphatic carbocycles. The van der Waals surface area contributed by atoms with Crippen LogP contribution < -0.4 is 10.1 Å². The van der Waals surface area contributed by atoms with E-state index in [1.54, 1.807) is 13.0 Å². The smallest absolute Gasteiger partial charge is 0.305 e. The number of nitrogens with one attached hydrogen (secondary N) is 1. The fourth-order valence-corrected chi connectivity index (χ4v) is 1.35. The van der Waals surface area contributed by atoms with E-state index in [0.29, 0.717) is 44.3 Å². The van der Waals surface area contributed by atoms with Gasteiger partial charge in [-0.15, -0.1) is 0 Å². The van der Waals surface area contributed by atoms with Crippen molar-refractivity contribution < 1.29 is 14.3 Å². The minimum absolute atomic E-state index is 0.169. The fraction of sp³-hybridized carbons (Fsp3) is 0.583. The molecule has 6 nitrogen and oxygen atoms in total. The average molecular weight is 253 g/mol. The maximum Gasteiger partial charge on any atom is 0.305 e. The zero-order chi connectivity index (χ0) is 13.2. The Hall–Kier alpha value is -1.85. The third-order valence-electron chi connectivity index (χ3n) is 2.10. The van der Waals surface area contributed by atoms with E-state index in [-0.39, 0.29) is 5.97 Å². The van der Waals surface area contributed by atoms with Gasteiger partial charge < -0.3 is 14.8 Å². The number of hydrogen-bond donors (Lipinski definition) is 1. The third kappa shape index (κ3) is 5.47. The molecule has 0 radical (unpaired) electrons. The van der Waals surface area contributed by atoms with Crippen molar-refractivity contribution in [2.75, 3.05) is 25.1 Å². The highest BCUT2D eigenvalue weighted by Crippen LogP contribution is 2.10. The minimum Gasteiger partial charge on any atom is -0.478 e. The average Bonchev–Trinajstić information content (AvgIpc) is 2.36. The Bertz CT molecular complexity index is 371. The van der Waals surface area contributed by atoms with Crippen LogP contribution in [0.5, 0.6) is 5.88 Å². The van der Waals surface area contributed by atoms with Gasteiger partial charge in [-0.1, -0.05) is 0 Å². The van der Waals surface area contributed by atoms with Crippen molar-refractivity contribution in [2.45, 2.75) is 26.7 Å². The summed E-state index contributed by atoms with van der Waals surface area (Å²) >= 11 is 0. The molecule has 0 saturated heterocycles. The molecule has 0 unspecified atom stereocenters. The summed E-state index contributed by atoms with van der Waals surface area (Å²) in [7, 11) is 0. The zero-order valence-electron chi connectivity index (χ0n) is 10.8. The normalized spacial score (nSPS) is 9.89. The van der Waals surface area contributed by atoms with Crippen molar-refractivity contribution in [2.24, 2.45) is 0 Å². The van der Waals surface area contributed by atoms with Crippen molar-refractivity contribution in [1.82, 2.24) is 9.97 Å². The Morgan fingerprint density at radius 1 is 1.33 bits per heavy atom. The molecule has 0 spiro atoms. The summed E-state index contributed by atoms with van der Waals surface area (Å²) in [6.07, 6.45) is 2.55. The van der Waals surface area contributed by atoms with Gasteiger partial charge >= 0.3 is 5.97 Å². The number of rotatable bonds is 8. The van der Waals surface area contributed by atoms with E-state index < -0.39 is 0 Å². The van der Waals surface area contributed by atoms with E-state index in [9.17, 15) is 4.79 Å². The lowest BCUT2D eigenvalue weighted by Gasteiger charge is -2.06. The molecule has 1 aromatic rings. The van der Waals surface area contributed by atoms with E-state index in [1.165, 1.54) is 6.33 Å². The van der Waals surface area contributed by atoms with Crippen molar-refractivity contribution in [3.8, 4) is 5.88 Å². The van der Waals surface area contributed by atoms with Gasteiger partial charge in [0, 0.05) is 19.0 Å². The van der Waals surface area contributed by atoms with E-state index in [2.05, 4.69) is 15.3 Å². The first-order chi connectivity index (χ1) is 8.76. The molecule has 0 aliphatic rings. The van der Waals surface area contributed by atoms with Gasteiger partial charge in [0.2, 0.25) is 5.88 Å². The van der Waals surface area contributed by atoms with Gasteiger partial charge in [0.15, 0.2) is 0 Å². The van der Waals surface area contributed by atoms with Crippen molar-refractivity contribution in [1.29, 1.82) is 0 Å². The topological polar surface area (TPSA) is 73.3 Å². The molecule has 0 aromatic carbocycles. The summed E-state index contributed by atoms with van der Waals surface area (Å²) < 4.78 is 10.1. The maximum absolute atomic E-state index is 11.1. The first-order valence-electron chi connectivity index (χ1n) is 6.10. The predicted molar refractivity (Wildman–Crippen MR) is 67.6 cm³/mol. The summed E-state index contributed by atoms with van der Waals surface area (Å²) in [5.41, 5.74) is 0. The summed E-state index contributed by atoms with van der Waals surface area (Å²) in [6, 6.07) is 1.73. The SMILES string of the molecule is CCOC(=O)CCCNc1cc(OCC)ncn1. The van der Waals surface area contributed by atoms with E-state index in [4.69, 9.17) is 9.47 Å². The van der Waals surface area contributed by atoms with Crippen LogP contribution in [0.1, 0.15) is 26.7 Å². The first kappa shape index (κ1) is 14.2. The molecule has 18 heavy (non-hydrogen) atoms. The highest BCUT2D eigenvalue weighted by Gasteiger charge is 2.02. The molecule has 6 heteroatoms. The number of ether oxygens (including phenoxy) is 2. The molecule has 1 heterocycles. The van der Waals surface area contributed by atoms with Gasteiger partial charge in [-0.05, 0) is 20.3 Å². The Morgan fingerprint density at radius 2 is 2.17 bits per heavy atom. The van der Waals surface area contributed by atoms with Crippen LogP contribution in [0.3, 0.4) is 0 Å². The summed E-state index contributed by atoms with van der Waals surface area (Å²) in [5.74, 6) is 1.06. The number of hydrogen-bond acceptors (Lipinski definition) is 6. The number of carbonyl (C=O) groups excluding carboxylic acids is 1. The van der Waals surface area contributed by atoms with Crippen LogP contribution in [0.2, 0.25) is 0 Å². The van der Waals surface area contributed by atoms with Gasteiger partial charge in [-0.25, -0.2) is 9.97 Å². The molecule has 0 fully saturated rings. The van der Waals surface area contributed by atoms with Gasteiger partial charge in [-0.2, -0.15) is 0 Å². The van der Waals surface area contributed by atoms with Crippen molar-refractivity contribution in [3.05, 3.63) is 12.4 Å². The number of nitrogens with zero attached hydrogens (tertiary/aromatic N) is 2. The first-order valence-corrected chi connectivity index (χ1v) is 6.10. The zero-order valence-corrected chi connectivity index (χ0v) is 10.8. The van der Waals surface area contributed by atoms with E-state index >= 15 is 0 Å². The predicted octanol–water partition coefficient (Wildman–Crippen LogP) is 1.63. The second kappa shape index (κ2) is 8.27. The monoisotopic (exact) mass is 253 g/mol. The third-order valence-corrected chi connectivity index (χ3v) is 2.10. The van der Waals surface area contributed by atoms with Gasteiger partial charge in [0.1, 0.15) is 12.1 Å². The van der Waals surface area contributed by atoms with Crippen LogP contribution in [0.15, 0.2) is 12.4 Å². The van der Waals surface area contributed by atoms with Crippen LogP contribution in [0.25, 0.3) is 0 Å². The Kier molecular flexibility index (Phi) is 6.53. The number of anilines is 1. The summed E-state index contributed by atoms with van der Waals surface area (Å²) in [6.45, 7) is 5.34. The fourth-order valence-electron chi connectivity index (χ4n) is 1.35. The molecule has 0 amide bonds. The lowest BCUT2D eigenvalue weighted by atomic mass is 10.3. The van der Waals surface area contributed by atoms with Gasteiger partial charge in [-0.3, -0.25) is 4.79 Å². The molecule has 0 saturated carbocycles. The minimum atomic E-state index is -0.169. The van der Waals surface area contributed by atoms with Crippen molar-refractivity contribution in [3.63, 3.8) is 0 Å². The molecule has 0 atom stereocenters. The number of aromatic nitrogens is 2. The molecule has 1 N–H and O–H groups in total.